The van der Waals surface area contributed by atoms with Crippen molar-refractivity contribution in [2.75, 3.05) is 26.7 Å². The van der Waals surface area contributed by atoms with Gasteiger partial charge in [-0.25, -0.2) is 0 Å². The first kappa shape index (κ1) is 14.8. The van der Waals surface area contributed by atoms with E-state index in [1.165, 1.54) is 44.9 Å². The largest absolute Gasteiger partial charge is 0.342 e. The first-order valence-corrected chi connectivity index (χ1v) is 8.24. The lowest BCUT2D eigenvalue weighted by Gasteiger charge is -2.35. The minimum absolute atomic E-state index is 0.327. The van der Waals surface area contributed by atoms with Gasteiger partial charge in [0, 0.05) is 19.0 Å². The van der Waals surface area contributed by atoms with E-state index in [2.05, 4.69) is 10.2 Å². The summed E-state index contributed by atoms with van der Waals surface area (Å²) in [6.07, 6.45) is 11.2. The zero-order chi connectivity index (χ0) is 13.5. The van der Waals surface area contributed by atoms with Gasteiger partial charge in [-0.1, -0.05) is 32.1 Å². The zero-order valence-electron chi connectivity index (χ0n) is 12.5. The Balaban J connectivity index is 1.86. The lowest BCUT2D eigenvalue weighted by molar-refractivity contribution is -0.138. The highest BCUT2D eigenvalue weighted by atomic mass is 16.2. The van der Waals surface area contributed by atoms with Gasteiger partial charge in [-0.15, -0.1) is 0 Å². The summed E-state index contributed by atoms with van der Waals surface area (Å²) in [6.45, 7) is 3.03. The number of nitrogens with one attached hydrogen (secondary N) is 1. The van der Waals surface area contributed by atoms with E-state index in [-0.39, 0.29) is 0 Å². The van der Waals surface area contributed by atoms with Crippen LogP contribution in [0.1, 0.15) is 57.8 Å². The molecule has 3 nitrogen and oxygen atoms in total. The molecule has 1 aliphatic heterocycles. The summed E-state index contributed by atoms with van der Waals surface area (Å²) in [5.74, 6) is 1.45. The van der Waals surface area contributed by atoms with E-state index in [9.17, 15) is 4.79 Å². The van der Waals surface area contributed by atoms with E-state index in [1.54, 1.807) is 0 Å². The number of carbonyl (C=O) groups excluding carboxylic acids is 1. The van der Waals surface area contributed by atoms with Gasteiger partial charge in [0.05, 0.1) is 0 Å². The Morgan fingerprint density at radius 1 is 1.05 bits per heavy atom. The van der Waals surface area contributed by atoms with Crippen LogP contribution in [0.25, 0.3) is 0 Å². The SMILES string of the molecule is CNCC1CCCN(C(=O)C2CCCCCCC2)C1. The highest BCUT2D eigenvalue weighted by Crippen LogP contribution is 2.26. The van der Waals surface area contributed by atoms with Crippen molar-refractivity contribution in [1.82, 2.24) is 10.2 Å². The number of likely N-dealkylation sites (tertiary alicyclic amines) is 1. The van der Waals surface area contributed by atoms with Crippen LogP contribution >= 0.6 is 0 Å². The molecular formula is C16H30N2O. The Morgan fingerprint density at radius 3 is 2.42 bits per heavy atom. The summed E-state index contributed by atoms with van der Waals surface area (Å²) in [4.78, 5) is 14.8. The van der Waals surface area contributed by atoms with Crippen LogP contribution < -0.4 is 5.32 Å². The molecule has 0 bridgehead atoms. The maximum absolute atomic E-state index is 12.7. The second-order valence-corrected chi connectivity index (χ2v) is 6.39. The van der Waals surface area contributed by atoms with Crippen LogP contribution in [0.2, 0.25) is 0 Å². The lowest BCUT2D eigenvalue weighted by Crippen LogP contribution is -2.45. The van der Waals surface area contributed by atoms with Crippen molar-refractivity contribution in [2.24, 2.45) is 11.8 Å². The van der Waals surface area contributed by atoms with Crippen molar-refractivity contribution in [3.05, 3.63) is 0 Å². The molecule has 3 heteroatoms. The monoisotopic (exact) mass is 266 g/mol. The smallest absolute Gasteiger partial charge is 0.225 e. The van der Waals surface area contributed by atoms with Crippen LogP contribution in [0.3, 0.4) is 0 Å². The number of carbonyl (C=O) groups is 1. The highest BCUT2D eigenvalue weighted by Gasteiger charge is 2.28. The van der Waals surface area contributed by atoms with Gasteiger partial charge in [0.25, 0.3) is 0 Å². The standard InChI is InChI=1S/C16H30N2O/c1-17-12-14-8-7-11-18(13-14)16(19)15-9-5-3-2-4-6-10-15/h14-15,17H,2-13H2,1H3. The first-order chi connectivity index (χ1) is 9.31. The van der Waals surface area contributed by atoms with E-state index in [1.807, 2.05) is 7.05 Å². The highest BCUT2D eigenvalue weighted by molar-refractivity contribution is 5.78. The molecule has 0 aromatic rings. The maximum Gasteiger partial charge on any atom is 0.225 e. The second-order valence-electron chi connectivity index (χ2n) is 6.39. The van der Waals surface area contributed by atoms with Crippen LogP contribution in [-0.4, -0.2) is 37.5 Å². The van der Waals surface area contributed by atoms with Gasteiger partial charge < -0.3 is 10.2 Å². The van der Waals surface area contributed by atoms with Gasteiger partial charge in [0.1, 0.15) is 0 Å². The minimum Gasteiger partial charge on any atom is -0.342 e. The van der Waals surface area contributed by atoms with Crippen molar-refractivity contribution in [3.8, 4) is 0 Å². The predicted octanol–water partition coefficient (Wildman–Crippen LogP) is 2.80. The van der Waals surface area contributed by atoms with Crippen molar-refractivity contribution >= 4 is 5.91 Å². The molecule has 1 aliphatic carbocycles. The van der Waals surface area contributed by atoms with Crippen LogP contribution in [-0.2, 0) is 4.79 Å². The fourth-order valence-electron chi connectivity index (χ4n) is 3.68. The molecule has 0 spiro atoms. The Labute approximate surface area is 118 Å². The number of rotatable bonds is 3. The molecule has 1 saturated carbocycles. The predicted molar refractivity (Wildman–Crippen MR) is 79.0 cm³/mol. The quantitative estimate of drug-likeness (QED) is 0.852. The summed E-state index contributed by atoms with van der Waals surface area (Å²) in [5, 5.41) is 3.26. The molecule has 2 fully saturated rings. The van der Waals surface area contributed by atoms with E-state index in [0.29, 0.717) is 17.7 Å². The molecule has 0 radical (unpaired) electrons. The van der Waals surface area contributed by atoms with E-state index in [0.717, 1.165) is 32.5 Å². The van der Waals surface area contributed by atoms with Gasteiger partial charge in [0.15, 0.2) is 0 Å². The molecule has 1 amide bonds. The Morgan fingerprint density at radius 2 is 1.74 bits per heavy atom. The topological polar surface area (TPSA) is 32.3 Å². The Bertz CT molecular complexity index is 270. The van der Waals surface area contributed by atoms with Gasteiger partial charge in [-0.3, -0.25) is 4.79 Å². The van der Waals surface area contributed by atoms with Crippen molar-refractivity contribution in [3.63, 3.8) is 0 Å². The molecule has 110 valence electrons. The third kappa shape index (κ3) is 4.48. The summed E-state index contributed by atoms with van der Waals surface area (Å²) in [6, 6.07) is 0. The normalized spacial score (nSPS) is 26.8. The average molecular weight is 266 g/mol. The maximum atomic E-state index is 12.7. The Hall–Kier alpha value is -0.570. The molecule has 19 heavy (non-hydrogen) atoms. The number of piperidine rings is 1. The molecule has 1 unspecified atom stereocenters. The summed E-state index contributed by atoms with van der Waals surface area (Å²) in [7, 11) is 2.01. The fourth-order valence-corrected chi connectivity index (χ4v) is 3.68. The van der Waals surface area contributed by atoms with E-state index < -0.39 is 0 Å². The summed E-state index contributed by atoms with van der Waals surface area (Å²) in [5.41, 5.74) is 0. The van der Waals surface area contributed by atoms with Crippen LogP contribution in [0, 0.1) is 11.8 Å². The molecule has 0 aromatic heterocycles. The molecule has 1 heterocycles. The van der Waals surface area contributed by atoms with Crippen LogP contribution in [0.15, 0.2) is 0 Å². The van der Waals surface area contributed by atoms with Crippen molar-refractivity contribution in [1.29, 1.82) is 0 Å². The summed E-state index contributed by atoms with van der Waals surface area (Å²) >= 11 is 0. The lowest BCUT2D eigenvalue weighted by atomic mass is 9.89. The molecular weight excluding hydrogens is 236 g/mol. The number of nitrogens with zero attached hydrogens (tertiary/aromatic N) is 1. The average Bonchev–Trinajstić information content (AvgIpc) is 2.38. The molecule has 2 rings (SSSR count). The van der Waals surface area contributed by atoms with Crippen LogP contribution in [0.5, 0.6) is 0 Å². The molecule has 1 N–H and O–H groups in total. The fraction of sp³-hybridized carbons (Fsp3) is 0.938. The van der Waals surface area contributed by atoms with Crippen molar-refractivity contribution in [2.45, 2.75) is 57.8 Å². The molecule has 0 aromatic carbocycles. The summed E-state index contributed by atoms with van der Waals surface area (Å²) < 4.78 is 0. The van der Waals surface area contributed by atoms with Gasteiger partial charge >= 0.3 is 0 Å². The second kappa shape index (κ2) is 7.88. The van der Waals surface area contributed by atoms with Gasteiger partial charge in [-0.05, 0) is 45.2 Å². The Kier molecular flexibility index (Phi) is 6.15. The molecule has 2 aliphatic rings. The zero-order valence-corrected chi connectivity index (χ0v) is 12.5. The van der Waals surface area contributed by atoms with E-state index in [4.69, 9.17) is 0 Å². The molecule has 1 atom stereocenters. The minimum atomic E-state index is 0.327. The van der Waals surface area contributed by atoms with Gasteiger partial charge in [-0.2, -0.15) is 0 Å². The third-order valence-electron chi connectivity index (χ3n) is 4.78. The van der Waals surface area contributed by atoms with Crippen molar-refractivity contribution < 1.29 is 4.79 Å². The third-order valence-corrected chi connectivity index (χ3v) is 4.78. The van der Waals surface area contributed by atoms with Gasteiger partial charge in [0.2, 0.25) is 5.91 Å². The molecule has 1 saturated heterocycles. The number of hydrogen-bond acceptors (Lipinski definition) is 2. The van der Waals surface area contributed by atoms with Crippen LogP contribution in [0.4, 0.5) is 0 Å². The number of hydrogen-bond donors (Lipinski definition) is 1. The number of amides is 1. The van der Waals surface area contributed by atoms with E-state index >= 15 is 0 Å². The first-order valence-electron chi connectivity index (χ1n) is 8.24.